The summed E-state index contributed by atoms with van der Waals surface area (Å²) in [5, 5.41) is 8.86. The second-order valence-electron chi connectivity index (χ2n) is 4.99. The molecule has 1 saturated carbocycles. The molecule has 19 heavy (non-hydrogen) atoms. The van der Waals surface area contributed by atoms with Gasteiger partial charge in [0.25, 0.3) is 0 Å². The maximum Gasteiger partial charge on any atom is 0.164 e. The van der Waals surface area contributed by atoms with Gasteiger partial charge in [-0.05, 0) is 55.3 Å². The minimum atomic E-state index is 0.421. The molecule has 2 aromatic heterocycles. The van der Waals surface area contributed by atoms with Crippen molar-refractivity contribution >= 4 is 39.4 Å². The summed E-state index contributed by atoms with van der Waals surface area (Å²) in [5.41, 5.74) is 6.79. The van der Waals surface area contributed by atoms with Crippen molar-refractivity contribution in [2.24, 2.45) is 0 Å². The Bertz CT molecular complexity index is 587. The van der Waals surface area contributed by atoms with Crippen molar-refractivity contribution in [3.8, 4) is 0 Å². The van der Waals surface area contributed by atoms with Crippen LogP contribution in [0.25, 0.3) is 11.0 Å². The third-order valence-corrected chi connectivity index (χ3v) is 4.68. The van der Waals surface area contributed by atoms with Crippen molar-refractivity contribution < 1.29 is 0 Å². The average molecular weight is 372 g/mol. The summed E-state index contributed by atoms with van der Waals surface area (Å²) in [7, 11) is 2.03. The van der Waals surface area contributed by atoms with Gasteiger partial charge in [-0.3, -0.25) is 0 Å². The number of hydrogen-bond donors (Lipinski definition) is 2. The molecule has 3 N–H and O–H groups in total. The van der Waals surface area contributed by atoms with Crippen molar-refractivity contribution in [2.45, 2.75) is 37.8 Å². The van der Waals surface area contributed by atoms with E-state index in [1.54, 1.807) is 0 Å². The van der Waals surface area contributed by atoms with Crippen LogP contribution in [0.2, 0.25) is 0 Å². The van der Waals surface area contributed by atoms with Crippen LogP contribution in [0.1, 0.15) is 31.7 Å². The highest BCUT2D eigenvalue weighted by atomic mass is 127. The van der Waals surface area contributed by atoms with E-state index in [9.17, 15) is 0 Å². The fraction of sp³-hybridized carbons (Fsp3) is 0.583. The highest BCUT2D eigenvalue weighted by molar-refractivity contribution is 14.1. The monoisotopic (exact) mass is 372 g/mol. The molecule has 1 fully saturated rings. The van der Waals surface area contributed by atoms with Gasteiger partial charge in [0, 0.05) is 6.04 Å². The zero-order valence-electron chi connectivity index (χ0n) is 10.8. The third-order valence-electron chi connectivity index (χ3n) is 3.93. The second kappa shape index (κ2) is 5.20. The Labute approximate surface area is 125 Å². The first-order valence-electron chi connectivity index (χ1n) is 6.52. The predicted octanol–water partition coefficient (Wildman–Crippen LogP) is 1.72. The molecule has 0 aromatic carbocycles. The number of rotatable bonds is 2. The lowest BCUT2D eigenvalue weighted by atomic mass is 9.91. The molecule has 0 aliphatic heterocycles. The largest absolute Gasteiger partial charge is 0.383 e. The number of nitrogens with zero attached hydrogens (tertiary/aromatic N) is 4. The summed E-state index contributed by atoms with van der Waals surface area (Å²) >= 11 is 2.21. The molecule has 0 saturated heterocycles. The van der Waals surface area contributed by atoms with Crippen LogP contribution >= 0.6 is 22.6 Å². The lowest BCUT2D eigenvalue weighted by molar-refractivity contribution is 0.288. The van der Waals surface area contributed by atoms with Gasteiger partial charge in [0.15, 0.2) is 5.65 Å². The summed E-state index contributed by atoms with van der Waals surface area (Å²) in [6, 6.07) is 1.06. The Morgan fingerprint density at radius 1 is 1.32 bits per heavy atom. The van der Waals surface area contributed by atoms with Crippen LogP contribution < -0.4 is 11.1 Å². The molecule has 7 heteroatoms. The van der Waals surface area contributed by atoms with Crippen molar-refractivity contribution in [3.05, 3.63) is 10.0 Å². The molecule has 2 aromatic rings. The molecule has 1 aliphatic carbocycles. The van der Waals surface area contributed by atoms with Crippen LogP contribution in [-0.2, 0) is 0 Å². The highest BCUT2D eigenvalue weighted by Crippen LogP contribution is 2.32. The maximum absolute atomic E-state index is 5.92. The smallest absolute Gasteiger partial charge is 0.164 e. The molecular formula is C12H17IN6. The lowest BCUT2D eigenvalue weighted by Gasteiger charge is -2.28. The lowest BCUT2D eigenvalue weighted by Crippen LogP contribution is -2.31. The molecule has 1 aliphatic rings. The summed E-state index contributed by atoms with van der Waals surface area (Å²) < 4.78 is 2.93. The van der Waals surface area contributed by atoms with Crippen LogP contribution in [0.4, 0.5) is 5.82 Å². The van der Waals surface area contributed by atoms with Gasteiger partial charge in [-0.15, -0.1) is 0 Å². The molecule has 0 atom stereocenters. The van der Waals surface area contributed by atoms with E-state index in [1.807, 2.05) is 11.7 Å². The molecule has 0 spiro atoms. The van der Waals surface area contributed by atoms with Gasteiger partial charge >= 0.3 is 0 Å². The molecule has 6 nitrogen and oxygen atoms in total. The first-order valence-corrected chi connectivity index (χ1v) is 7.60. The third kappa shape index (κ3) is 2.29. The molecular weight excluding hydrogens is 355 g/mol. The SMILES string of the molecule is CN[C@H]1CC[C@@H](n2nc(I)c3c(N)ncnc32)CC1. The normalized spacial score (nSPS) is 23.9. The molecule has 102 valence electrons. The Hall–Kier alpha value is -0.960. The minimum absolute atomic E-state index is 0.421. The van der Waals surface area contributed by atoms with Crippen LogP contribution in [0.15, 0.2) is 6.33 Å². The van der Waals surface area contributed by atoms with E-state index in [4.69, 9.17) is 5.73 Å². The van der Waals surface area contributed by atoms with E-state index in [2.05, 4.69) is 43.0 Å². The van der Waals surface area contributed by atoms with Gasteiger partial charge in [0.05, 0.1) is 11.4 Å². The van der Waals surface area contributed by atoms with Gasteiger partial charge in [0.1, 0.15) is 15.8 Å². The van der Waals surface area contributed by atoms with E-state index in [1.165, 1.54) is 19.2 Å². The molecule has 0 bridgehead atoms. The molecule has 0 unspecified atom stereocenters. The zero-order chi connectivity index (χ0) is 13.4. The minimum Gasteiger partial charge on any atom is -0.383 e. The first kappa shape index (κ1) is 13.0. The van der Waals surface area contributed by atoms with E-state index in [0.29, 0.717) is 17.9 Å². The van der Waals surface area contributed by atoms with Crippen LogP contribution in [0.5, 0.6) is 0 Å². The Balaban J connectivity index is 1.96. The summed E-state index contributed by atoms with van der Waals surface area (Å²) in [6.45, 7) is 0. The van der Waals surface area contributed by atoms with Crippen molar-refractivity contribution in [3.63, 3.8) is 0 Å². The standard InChI is InChI=1S/C12H17IN6/c1-15-7-2-4-8(5-3-7)19-12-9(10(13)18-19)11(14)16-6-17-12/h6-8,15H,2-5H2,1H3,(H2,14,16,17)/t7-,8+. The Morgan fingerprint density at radius 3 is 2.74 bits per heavy atom. The summed E-state index contributed by atoms with van der Waals surface area (Å²) in [4.78, 5) is 8.42. The number of nitrogens with one attached hydrogen (secondary N) is 1. The average Bonchev–Trinajstić information content (AvgIpc) is 2.78. The number of hydrogen-bond acceptors (Lipinski definition) is 5. The Kier molecular flexibility index (Phi) is 3.57. The van der Waals surface area contributed by atoms with Crippen LogP contribution in [0.3, 0.4) is 0 Å². The number of fused-ring (bicyclic) bond motifs is 1. The van der Waals surface area contributed by atoms with E-state index < -0.39 is 0 Å². The number of anilines is 1. The van der Waals surface area contributed by atoms with Gasteiger partial charge in [-0.25, -0.2) is 14.6 Å². The zero-order valence-corrected chi connectivity index (χ0v) is 13.0. The predicted molar refractivity (Wildman–Crippen MR) is 82.8 cm³/mol. The highest BCUT2D eigenvalue weighted by Gasteiger charge is 2.25. The fourth-order valence-corrected chi connectivity index (χ4v) is 3.57. The van der Waals surface area contributed by atoms with Gasteiger partial charge < -0.3 is 11.1 Å². The fourth-order valence-electron chi connectivity index (χ4n) is 2.82. The molecule has 3 rings (SSSR count). The molecule has 2 heterocycles. The summed E-state index contributed by atoms with van der Waals surface area (Å²) in [6.07, 6.45) is 6.13. The molecule has 0 radical (unpaired) electrons. The first-order chi connectivity index (χ1) is 9.20. The van der Waals surface area contributed by atoms with Crippen molar-refractivity contribution in [1.82, 2.24) is 25.1 Å². The van der Waals surface area contributed by atoms with E-state index >= 15 is 0 Å². The van der Waals surface area contributed by atoms with Crippen LogP contribution in [0, 0.1) is 3.70 Å². The maximum atomic E-state index is 5.92. The van der Waals surface area contributed by atoms with E-state index in [0.717, 1.165) is 27.6 Å². The Morgan fingerprint density at radius 2 is 2.05 bits per heavy atom. The quantitative estimate of drug-likeness (QED) is 0.785. The van der Waals surface area contributed by atoms with Gasteiger partial charge in [-0.1, -0.05) is 0 Å². The van der Waals surface area contributed by atoms with Gasteiger partial charge in [-0.2, -0.15) is 5.10 Å². The molecule has 0 amide bonds. The van der Waals surface area contributed by atoms with Gasteiger partial charge in [0.2, 0.25) is 0 Å². The number of nitrogen functional groups attached to an aromatic ring is 1. The second-order valence-corrected chi connectivity index (χ2v) is 6.01. The summed E-state index contributed by atoms with van der Waals surface area (Å²) in [5.74, 6) is 0.518. The number of nitrogens with two attached hydrogens (primary N) is 1. The topological polar surface area (TPSA) is 81.7 Å². The number of halogens is 1. The van der Waals surface area contributed by atoms with Crippen molar-refractivity contribution in [2.75, 3.05) is 12.8 Å². The van der Waals surface area contributed by atoms with Crippen molar-refractivity contribution in [1.29, 1.82) is 0 Å². The number of aromatic nitrogens is 4. The van der Waals surface area contributed by atoms with Crippen LogP contribution in [-0.4, -0.2) is 32.8 Å². The van der Waals surface area contributed by atoms with E-state index in [-0.39, 0.29) is 0 Å².